The van der Waals surface area contributed by atoms with Crippen molar-refractivity contribution in [2.75, 3.05) is 23.9 Å². The van der Waals surface area contributed by atoms with Gasteiger partial charge in [0.25, 0.3) is 0 Å². The van der Waals surface area contributed by atoms with Crippen LogP contribution in [0.1, 0.15) is 12.5 Å². The van der Waals surface area contributed by atoms with Gasteiger partial charge in [0.15, 0.2) is 0 Å². The van der Waals surface area contributed by atoms with Crippen LogP contribution in [0.5, 0.6) is 5.75 Å². The molecule has 2 aromatic rings. The highest BCUT2D eigenvalue weighted by Gasteiger charge is 2.27. The molecule has 1 aliphatic rings. The van der Waals surface area contributed by atoms with Gasteiger partial charge >= 0.3 is 0 Å². The topological polar surface area (TPSA) is 41.6 Å². The Morgan fingerprint density at radius 1 is 1.18 bits per heavy atom. The van der Waals surface area contributed by atoms with Crippen LogP contribution in [0.3, 0.4) is 0 Å². The third kappa shape index (κ3) is 2.77. The molecule has 1 heterocycles. The van der Waals surface area contributed by atoms with E-state index in [1.54, 1.807) is 7.11 Å². The average molecular weight is 296 g/mol. The first-order valence-electron chi connectivity index (χ1n) is 7.49. The molecule has 2 aromatic carbocycles. The molecule has 4 heteroatoms. The highest BCUT2D eigenvalue weighted by molar-refractivity contribution is 6.00. The molecule has 3 rings (SSSR count). The van der Waals surface area contributed by atoms with Gasteiger partial charge in [-0.15, -0.1) is 0 Å². The number of hydrogen-bond acceptors (Lipinski definition) is 3. The number of rotatable bonds is 4. The standard InChI is InChI=1S/C18H20N2O2/c1-13(19-15-7-9-16(22-2)10-8-15)18(21)20-12-11-14-5-3-4-6-17(14)20/h3-10,13,19H,11-12H2,1-2H3. The van der Waals surface area contributed by atoms with Gasteiger partial charge in [-0.3, -0.25) is 4.79 Å². The van der Waals surface area contributed by atoms with Crippen LogP contribution in [0, 0.1) is 0 Å². The van der Waals surface area contributed by atoms with E-state index in [0.717, 1.165) is 30.1 Å². The van der Waals surface area contributed by atoms with E-state index in [1.165, 1.54) is 5.56 Å². The van der Waals surface area contributed by atoms with Crippen LogP contribution in [-0.4, -0.2) is 25.6 Å². The van der Waals surface area contributed by atoms with Crippen LogP contribution >= 0.6 is 0 Å². The second-order valence-corrected chi connectivity index (χ2v) is 5.46. The van der Waals surface area contributed by atoms with Crippen LogP contribution in [0.15, 0.2) is 48.5 Å². The zero-order chi connectivity index (χ0) is 15.5. The minimum absolute atomic E-state index is 0.0979. The van der Waals surface area contributed by atoms with E-state index in [-0.39, 0.29) is 11.9 Å². The first-order valence-corrected chi connectivity index (χ1v) is 7.49. The van der Waals surface area contributed by atoms with Crippen molar-refractivity contribution in [1.82, 2.24) is 0 Å². The van der Waals surface area contributed by atoms with Gasteiger partial charge in [-0.05, 0) is 49.2 Å². The number of carbonyl (C=O) groups excluding carboxylic acids is 1. The van der Waals surface area contributed by atoms with E-state index in [1.807, 2.05) is 54.3 Å². The predicted octanol–water partition coefficient (Wildman–Crippen LogP) is 3.08. The Labute approximate surface area is 130 Å². The molecular formula is C18H20N2O2. The summed E-state index contributed by atoms with van der Waals surface area (Å²) in [6.07, 6.45) is 0.928. The lowest BCUT2D eigenvalue weighted by Crippen LogP contribution is -2.40. The van der Waals surface area contributed by atoms with Gasteiger partial charge in [-0.25, -0.2) is 0 Å². The number of methoxy groups -OCH3 is 1. The maximum atomic E-state index is 12.7. The lowest BCUT2D eigenvalue weighted by molar-refractivity contribution is -0.118. The zero-order valence-corrected chi connectivity index (χ0v) is 12.9. The van der Waals surface area contributed by atoms with Gasteiger partial charge in [0, 0.05) is 17.9 Å². The second kappa shape index (κ2) is 6.10. The van der Waals surface area contributed by atoms with E-state index in [9.17, 15) is 4.79 Å². The Bertz CT molecular complexity index is 667. The molecule has 0 radical (unpaired) electrons. The summed E-state index contributed by atoms with van der Waals surface area (Å²) in [5, 5.41) is 3.25. The van der Waals surface area contributed by atoms with Gasteiger partial charge in [-0.2, -0.15) is 0 Å². The maximum absolute atomic E-state index is 12.7. The quantitative estimate of drug-likeness (QED) is 0.942. The molecule has 22 heavy (non-hydrogen) atoms. The molecular weight excluding hydrogens is 276 g/mol. The van der Waals surface area contributed by atoms with Crippen molar-refractivity contribution in [3.63, 3.8) is 0 Å². The normalized spacial score (nSPS) is 14.4. The summed E-state index contributed by atoms with van der Waals surface area (Å²) in [6.45, 7) is 2.65. The van der Waals surface area contributed by atoms with E-state index in [4.69, 9.17) is 4.74 Å². The van der Waals surface area contributed by atoms with Crippen molar-refractivity contribution in [2.24, 2.45) is 0 Å². The van der Waals surface area contributed by atoms with Gasteiger partial charge in [0.05, 0.1) is 7.11 Å². The molecule has 114 valence electrons. The van der Waals surface area contributed by atoms with Crippen molar-refractivity contribution in [3.8, 4) is 5.75 Å². The smallest absolute Gasteiger partial charge is 0.249 e. The summed E-state index contributed by atoms with van der Waals surface area (Å²) in [6, 6.07) is 15.4. The number of carbonyl (C=O) groups is 1. The molecule has 0 aromatic heterocycles. The van der Waals surface area contributed by atoms with Crippen LogP contribution in [-0.2, 0) is 11.2 Å². The zero-order valence-electron chi connectivity index (χ0n) is 12.9. The van der Waals surface area contributed by atoms with Gasteiger partial charge in [0.2, 0.25) is 5.91 Å². The maximum Gasteiger partial charge on any atom is 0.249 e. The molecule has 0 spiro atoms. The molecule has 0 aliphatic carbocycles. The first kappa shape index (κ1) is 14.4. The summed E-state index contributed by atoms with van der Waals surface area (Å²) in [5.41, 5.74) is 3.19. The minimum atomic E-state index is -0.278. The Balaban J connectivity index is 1.70. The van der Waals surface area contributed by atoms with Gasteiger partial charge < -0.3 is 15.0 Å². The third-order valence-electron chi connectivity index (χ3n) is 4.00. The number of hydrogen-bond donors (Lipinski definition) is 1. The fourth-order valence-corrected chi connectivity index (χ4v) is 2.80. The van der Waals surface area contributed by atoms with Crippen LogP contribution in [0.2, 0.25) is 0 Å². The number of ether oxygens (including phenoxy) is 1. The molecule has 1 amide bonds. The number of amides is 1. The lowest BCUT2D eigenvalue weighted by atomic mass is 10.2. The number of para-hydroxylation sites is 1. The minimum Gasteiger partial charge on any atom is -0.497 e. The Hall–Kier alpha value is -2.49. The molecule has 1 aliphatic heterocycles. The number of benzene rings is 2. The van der Waals surface area contributed by atoms with E-state index in [0.29, 0.717) is 0 Å². The van der Waals surface area contributed by atoms with Crippen molar-refractivity contribution in [3.05, 3.63) is 54.1 Å². The Morgan fingerprint density at radius 2 is 1.91 bits per heavy atom. The first-order chi connectivity index (χ1) is 10.7. The lowest BCUT2D eigenvalue weighted by Gasteiger charge is -2.23. The average Bonchev–Trinajstić information content (AvgIpc) is 2.99. The van der Waals surface area contributed by atoms with Crippen LogP contribution in [0.4, 0.5) is 11.4 Å². The summed E-state index contributed by atoms with van der Waals surface area (Å²) in [7, 11) is 1.64. The van der Waals surface area contributed by atoms with Crippen molar-refractivity contribution < 1.29 is 9.53 Å². The number of fused-ring (bicyclic) bond motifs is 1. The summed E-state index contributed by atoms with van der Waals surface area (Å²) in [4.78, 5) is 14.5. The number of nitrogens with one attached hydrogen (secondary N) is 1. The van der Waals surface area contributed by atoms with Crippen LogP contribution < -0.4 is 15.0 Å². The summed E-state index contributed by atoms with van der Waals surface area (Å²) >= 11 is 0. The van der Waals surface area contributed by atoms with Crippen LogP contribution in [0.25, 0.3) is 0 Å². The Morgan fingerprint density at radius 3 is 2.64 bits per heavy atom. The second-order valence-electron chi connectivity index (χ2n) is 5.46. The van der Waals surface area contributed by atoms with Gasteiger partial charge in [0.1, 0.15) is 11.8 Å². The van der Waals surface area contributed by atoms with E-state index < -0.39 is 0 Å². The molecule has 1 atom stereocenters. The number of nitrogens with zero attached hydrogens (tertiary/aromatic N) is 1. The van der Waals surface area contributed by atoms with E-state index in [2.05, 4.69) is 11.4 Å². The van der Waals surface area contributed by atoms with Crippen molar-refractivity contribution >= 4 is 17.3 Å². The summed E-state index contributed by atoms with van der Waals surface area (Å²) < 4.78 is 5.14. The Kier molecular flexibility index (Phi) is 4.00. The monoisotopic (exact) mass is 296 g/mol. The molecule has 0 fully saturated rings. The third-order valence-corrected chi connectivity index (χ3v) is 4.00. The highest BCUT2D eigenvalue weighted by atomic mass is 16.5. The fraction of sp³-hybridized carbons (Fsp3) is 0.278. The molecule has 1 N–H and O–H groups in total. The molecule has 0 saturated heterocycles. The summed E-state index contributed by atoms with van der Waals surface area (Å²) in [5.74, 6) is 0.902. The highest BCUT2D eigenvalue weighted by Crippen LogP contribution is 2.28. The van der Waals surface area contributed by atoms with Gasteiger partial charge in [-0.1, -0.05) is 18.2 Å². The van der Waals surface area contributed by atoms with E-state index >= 15 is 0 Å². The molecule has 4 nitrogen and oxygen atoms in total. The fourth-order valence-electron chi connectivity index (χ4n) is 2.80. The predicted molar refractivity (Wildman–Crippen MR) is 88.6 cm³/mol. The number of anilines is 2. The molecule has 0 bridgehead atoms. The SMILES string of the molecule is COc1ccc(NC(C)C(=O)N2CCc3ccccc32)cc1. The largest absolute Gasteiger partial charge is 0.497 e. The van der Waals surface area contributed by atoms with Crippen molar-refractivity contribution in [1.29, 1.82) is 0 Å². The van der Waals surface area contributed by atoms with Crippen molar-refractivity contribution in [2.45, 2.75) is 19.4 Å². The molecule has 1 unspecified atom stereocenters. The molecule has 0 saturated carbocycles.